The molecule has 0 saturated carbocycles. The van der Waals surface area contributed by atoms with Gasteiger partial charge in [-0.1, -0.05) is 16.8 Å². The number of nitro groups is 1. The Morgan fingerprint density at radius 2 is 2.33 bits per heavy atom. The van der Waals surface area contributed by atoms with E-state index in [9.17, 15) is 14.9 Å². The number of carbonyl (C=O) groups is 1. The van der Waals surface area contributed by atoms with E-state index < -0.39 is 17.0 Å². The molecule has 1 N–H and O–H groups in total. The predicted molar refractivity (Wildman–Crippen MR) is 61.8 cm³/mol. The minimum Gasteiger partial charge on any atom is -0.478 e. The molecule has 0 fully saturated rings. The van der Waals surface area contributed by atoms with E-state index in [1.807, 2.05) is 0 Å². The molecule has 18 heavy (non-hydrogen) atoms. The SMILES string of the molecule is O=C(O)C1CC(c2cc(Cl)ccc2[N+](=O)[O-])=NO1. The maximum absolute atomic E-state index is 10.9. The number of oxime groups is 1. The Balaban J connectivity index is 2.37. The van der Waals surface area contributed by atoms with Gasteiger partial charge in [0, 0.05) is 17.5 Å². The van der Waals surface area contributed by atoms with E-state index >= 15 is 0 Å². The Morgan fingerprint density at radius 1 is 1.61 bits per heavy atom. The molecule has 2 rings (SSSR count). The minimum atomic E-state index is -1.17. The van der Waals surface area contributed by atoms with E-state index in [0.717, 1.165) is 0 Å². The number of nitro benzene ring substituents is 1. The van der Waals surface area contributed by atoms with Gasteiger partial charge in [0.2, 0.25) is 6.10 Å². The van der Waals surface area contributed by atoms with Crippen LogP contribution < -0.4 is 0 Å². The first-order chi connectivity index (χ1) is 8.49. The second-order valence-corrected chi connectivity index (χ2v) is 4.03. The largest absolute Gasteiger partial charge is 0.478 e. The second-order valence-electron chi connectivity index (χ2n) is 3.59. The van der Waals surface area contributed by atoms with Crippen molar-refractivity contribution in [2.45, 2.75) is 12.5 Å². The monoisotopic (exact) mass is 270 g/mol. The lowest BCUT2D eigenvalue weighted by Crippen LogP contribution is -2.20. The van der Waals surface area contributed by atoms with Gasteiger partial charge in [-0.25, -0.2) is 4.79 Å². The lowest BCUT2D eigenvalue weighted by molar-refractivity contribution is -0.385. The molecule has 0 aromatic heterocycles. The molecule has 1 aromatic carbocycles. The van der Waals surface area contributed by atoms with E-state index in [0.29, 0.717) is 5.02 Å². The molecule has 0 bridgehead atoms. The number of nitrogens with zero attached hydrogens (tertiary/aromatic N) is 2. The molecule has 1 heterocycles. The maximum Gasteiger partial charge on any atom is 0.348 e. The van der Waals surface area contributed by atoms with Gasteiger partial charge < -0.3 is 9.94 Å². The number of halogens is 1. The number of rotatable bonds is 3. The van der Waals surface area contributed by atoms with Crippen LogP contribution in [0.3, 0.4) is 0 Å². The molecule has 1 aliphatic rings. The zero-order chi connectivity index (χ0) is 13.3. The standard InChI is InChI=1S/C10H7ClN2O5/c11-5-1-2-8(13(16)17)6(3-5)7-4-9(10(14)15)18-12-7/h1-3,9H,4H2,(H,14,15). The van der Waals surface area contributed by atoms with Crippen LogP contribution in [0.5, 0.6) is 0 Å². The third-order valence-corrected chi connectivity index (χ3v) is 2.65. The van der Waals surface area contributed by atoms with E-state index in [-0.39, 0.29) is 23.4 Å². The van der Waals surface area contributed by atoms with Crippen LogP contribution >= 0.6 is 11.6 Å². The Labute approximate surface area is 106 Å². The van der Waals surface area contributed by atoms with Gasteiger partial charge in [0.15, 0.2) is 0 Å². The summed E-state index contributed by atoms with van der Waals surface area (Å²) >= 11 is 5.76. The summed E-state index contributed by atoms with van der Waals surface area (Å²) in [5.74, 6) is -1.17. The normalized spacial score (nSPS) is 18.1. The Bertz CT molecular complexity index is 557. The number of benzene rings is 1. The summed E-state index contributed by atoms with van der Waals surface area (Å²) in [6.07, 6.45) is -1.14. The zero-order valence-electron chi connectivity index (χ0n) is 8.87. The third-order valence-electron chi connectivity index (χ3n) is 2.41. The number of aliphatic carboxylic acids is 1. The molecule has 1 unspecified atom stereocenters. The van der Waals surface area contributed by atoms with Crippen LogP contribution in [0, 0.1) is 10.1 Å². The summed E-state index contributed by atoms with van der Waals surface area (Å²) in [4.78, 5) is 25.7. The zero-order valence-corrected chi connectivity index (χ0v) is 9.63. The van der Waals surface area contributed by atoms with Gasteiger partial charge in [-0.05, 0) is 12.1 Å². The van der Waals surface area contributed by atoms with Crippen molar-refractivity contribution >= 4 is 29.0 Å². The Morgan fingerprint density at radius 3 is 2.89 bits per heavy atom. The summed E-state index contributed by atoms with van der Waals surface area (Å²) in [5.41, 5.74) is 0.195. The highest BCUT2D eigenvalue weighted by molar-refractivity contribution is 6.31. The van der Waals surface area contributed by atoms with Crippen LogP contribution in [-0.2, 0) is 9.63 Å². The predicted octanol–water partition coefficient (Wildman–Crippen LogP) is 1.83. The fourth-order valence-electron chi connectivity index (χ4n) is 1.57. The molecular formula is C10H7ClN2O5. The molecule has 0 radical (unpaired) electrons. The smallest absolute Gasteiger partial charge is 0.348 e. The van der Waals surface area contributed by atoms with Crippen molar-refractivity contribution < 1.29 is 19.7 Å². The lowest BCUT2D eigenvalue weighted by Gasteiger charge is -2.02. The lowest BCUT2D eigenvalue weighted by atomic mass is 10.0. The van der Waals surface area contributed by atoms with Gasteiger partial charge in [-0.3, -0.25) is 10.1 Å². The Kier molecular flexibility index (Phi) is 3.15. The van der Waals surface area contributed by atoms with Crippen LogP contribution in [0.2, 0.25) is 5.02 Å². The molecular weight excluding hydrogens is 264 g/mol. The van der Waals surface area contributed by atoms with E-state index in [4.69, 9.17) is 16.7 Å². The van der Waals surface area contributed by atoms with Crippen molar-refractivity contribution in [3.63, 3.8) is 0 Å². The summed E-state index contributed by atoms with van der Waals surface area (Å²) in [7, 11) is 0. The summed E-state index contributed by atoms with van der Waals surface area (Å²) in [5, 5.41) is 23.5. The van der Waals surface area contributed by atoms with Crippen LogP contribution in [0.4, 0.5) is 5.69 Å². The Hall–Kier alpha value is -2.15. The van der Waals surface area contributed by atoms with Crippen molar-refractivity contribution in [3.8, 4) is 0 Å². The highest BCUT2D eigenvalue weighted by atomic mass is 35.5. The second kappa shape index (κ2) is 4.61. The van der Waals surface area contributed by atoms with E-state index in [1.54, 1.807) is 0 Å². The first kappa shape index (κ1) is 12.3. The molecule has 0 amide bonds. The molecule has 0 spiro atoms. The quantitative estimate of drug-likeness (QED) is 0.667. The van der Waals surface area contributed by atoms with E-state index in [2.05, 4.69) is 9.99 Å². The summed E-state index contributed by atoms with van der Waals surface area (Å²) < 4.78 is 0. The molecule has 1 atom stereocenters. The average molecular weight is 271 g/mol. The van der Waals surface area contributed by atoms with Gasteiger partial charge in [-0.15, -0.1) is 0 Å². The number of hydrogen-bond acceptors (Lipinski definition) is 5. The molecule has 7 nitrogen and oxygen atoms in total. The van der Waals surface area contributed by atoms with Crippen LogP contribution in [0.25, 0.3) is 0 Å². The fourth-order valence-corrected chi connectivity index (χ4v) is 1.74. The molecule has 0 saturated heterocycles. The first-order valence-corrected chi connectivity index (χ1v) is 5.26. The maximum atomic E-state index is 10.9. The minimum absolute atomic E-state index is 0.0312. The topological polar surface area (TPSA) is 102 Å². The van der Waals surface area contributed by atoms with E-state index in [1.165, 1.54) is 18.2 Å². The van der Waals surface area contributed by atoms with Crippen molar-refractivity contribution in [3.05, 3.63) is 38.9 Å². The summed E-state index contributed by atoms with van der Waals surface area (Å²) in [6, 6.07) is 3.99. The van der Waals surface area contributed by atoms with Gasteiger partial charge in [0.25, 0.3) is 5.69 Å². The van der Waals surface area contributed by atoms with Gasteiger partial charge in [0.05, 0.1) is 16.2 Å². The van der Waals surface area contributed by atoms with Crippen LogP contribution in [0.15, 0.2) is 23.4 Å². The number of carboxylic acids is 1. The van der Waals surface area contributed by atoms with Crippen LogP contribution in [-0.4, -0.2) is 27.8 Å². The highest BCUT2D eigenvalue weighted by Crippen LogP contribution is 2.27. The van der Waals surface area contributed by atoms with Crippen molar-refractivity contribution in [2.75, 3.05) is 0 Å². The van der Waals surface area contributed by atoms with Gasteiger partial charge in [0.1, 0.15) is 0 Å². The molecule has 1 aliphatic heterocycles. The van der Waals surface area contributed by atoms with Crippen molar-refractivity contribution in [2.24, 2.45) is 5.16 Å². The molecule has 1 aromatic rings. The first-order valence-electron chi connectivity index (χ1n) is 4.89. The van der Waals surface area contributed by atoms with Gasteiger partial charge >= 0.3 is 5.97 Å². The van der Waals surface area contributed by atoms with Gasteiger partial charge in [-0.2, -0.15) is 0 Å². The fraction of sp³-hybridized carbons (Fsp3) is 0.200. The molecule has 94 valence electrons. The number of carboxylic acid groups (broad SMARTS) is 1. The van der Waals surface area contributed by atoms with Crippen molar-refractivity contribution in [1.29, 1.82) is 0 Å². The summed E-state index contributed by atoms with van der Waals surface area (Å²) in [6.45, 7) is 0. The number of hydrogen-bond donors (Lipinski definition) is 1. The molecule has 0 aliphatic carbocycles. The van der Waals surface area contributed by atoms with Crippen LogP contribution in [0.1, 0.15) is 12.0 Å². The average Bonchev–Trinajstić information content (AvgIpc) is 2.77. The molecule has 8 heteroatoms. The highest BCUT2D eigenvalue weighted by Gasteiger charge is 2.31. The van der Waals surface area contributed by atoms with Crippen molar-refractivity contribution in [1.82, 2.24) is 0 Å². The third kappa shape index (κ3) is 2.25.